The Labute approximate surface area is 162 Å². The van der Waals surface area contributed by atoms with Crippen LogP contribution in [0.25, 0.3) is 0 Å². The molecule has 0 heterocycles. The van der Waals surface area contributed by atoms with Gasteiger partial charge in [-0.25, -0.2) is 4.79 Å². The molecule has 7 nitrogen and oxygen atoms in total. The molecule has 0 bridgehead atoms. The first-order chi connectivity index (χ1) is 13.0. The van der Waals surface area contributed by atoms with Crippen LogP contribution in [0.2, 0.25) is 5.02 Å². The van der Waals surface area contributed by atoms with Crippen molar-refractivity contribution in [2.24, 2.45) is 0 Å². The van der Waals surface area contributed by atoms with Gasteiger partial charge >= 0.3 is 5.97 Å². The third-order valence-corrected chi connectivity index (χ3v) is 3.59. The minimum atomic E-state index is -0.660. The maximum atomic E-state index is 11.8. The van der Waals surface area contributed by atoms with Crippen molar-refractivity contribution in [2.75, 3.05) is 32.2 Å². The smallest absolute Gasteiger partial charge is 0.344 e. The highest BCUT2D eigenvalue weighted by atomic mass is 35.5. The Morgan fingerprint density at radius 3 is 2.26 bits per heavy atom. The maximum Gasteiger partial charge on any atom is 0.344 e. The molecule has 0 aliphatic heterocycles. The summed E-state index contributed by atoms with van der Waals surface area (Å²) >= 11 is 5.98. The summed E-state index contributed by atoms with van der Waals surface area (Å²) in [5.74, 6) is 0.542. The molecule has 0 saturated heterocycles. The Balaban J connectivity index is 1.73. The molecule has 0 fully saturated rings. The maximum absolute atomic E-state index is 11.8. The first-order valence-corrected chi connectivity index (χ1v) is 8.54. The summed E-state index contributed by atoms with van der Waals surface area (Å²) in [5.41, 5.74) is 0.465. The number of hydrogen-bond acceptors (Lipinski definition) is 6. The van der Waals surface area contributed by atoms with Gasteiger partial charge in [0, 0.05) is 5.69 Å². The van der Waals surface area contributed by atoms with E-state index < -0.39 is 18.5 Å². The van der Waals surface area contributed by atoms with E-state index in [1.165, 1.54) is 13.2 Å². The van der Waals surface area contributed by atoms with Crippen LogP contribution in [0.4, 0.5) is 5.69 Å². The molecule has 27 heavy (non-hydrogen) atoms. The minimum absolute atomic E-state index is 0.310. The molecular weight excluding hydrogens is 374 g/mol. The van der Waals surface area contributed by atoms with Crippen molar-refractivity contribution in [3.63, 3.8) is 0 Å². The van der Waals surface area contributed by atoms with Gasteiger partial charge in [0.25, 0.3) is 5.91 Å². The molecule has 144 valence electrons. The van der Waals surface area contributed by atoms with E-state index in [1.807, 2.05) is 6.92 Å². The van der Waals surface area contributed by atoms with Gasteiger partial charge in [0.1, 0.15) is 17.2 Å². The molecule has 2 rings (SSSR count). The second-order valence-corrected chi connectivity index (χ2v) is 5.66. The Morgan fingerprint density at radius 2 is 1.67 bits per heavy atom. The van der Waals surface area contributed by atoms with E-state index in [0.717, 1.165) is 0 Å². The van der Waals surface area contributed by atoms with Crippen LogP contribution in [-0.4, -0.2) is 38.8 Å². The van der Waals surface area contributed by atoms with Gasteiger partial charge in [-0.3, -0.25) is 4.79 Å². The molecule has 0 saturated carbocycles. The molecule has 1 amide bonds. The van der Waals surface area contributed by atoms with Crippen LogP contribution in [0.5, 0.6) is 17.2 Å². The number of methoxy groups -OCH3 is 1. The molecule has 0 aliphatic rings. The molecular formula is C19H20ClNO6. The van der Waals surface area contributed by atoms with Crippen LogP contribution >= 0.6 is 11.6 Å². The number of carbonyl (C=O) groups excluding carboxylic acids is 2. The van der Waals surface area contributed by atoms with Gasteiger partial charge in [-0.05, 0) is 49.4 Å². The van der Waals surface area contributed by atoms with E-state index in [9.17, 15) is 9.59 Å². The number of rotatable bonds is 9. The SMILES string of the molecule is CCOc1ccc(OCC(=O)OCC(=O)Nc2ccc(OC)c(Cl)c2)cc1. The topological polar surface area (TPSA) is 83.1 Å². The van der Waals surface area contributed by atoms with E-state index in [1.54, 1.807) is 36.4 Å². The van der Waals surface area contributed by atoms with Crippen LogP contribution in [0, 0.1) is 0 Å². The summed E-state index contributed by atoms with van der Waals surface area (Å²) in [6.07, 6.45) is 0. The number of benzene rings is 2. The lowest BCUT2D eigenvalue weighted by Crippen LogP contribution is -2.23. The molecule has 0 atom stereocenters. The van der Waals surface area contributed by atoms with Gasteiger partial charge in [0.15, 0.2) is 13.2 Å². The van der Waals surface area contributed by atoms with E-state index in [2.05, 4.69) is 5.32 Å². The fourth-order valence-electron chi connectivity index (χ4n) is 2.07. The summed E-state index contributed by atoms with van der Waals surface area (Å²) in [5, 5.41) is 2.93. The molecule has 0 radical (unpaired) electrons. The minimum Gasteiger partial charge on any atom is -0.495 e. The average molecular weight is 394 g/mol. The standard InChI is InChI=1S/C19H20ClNO6/c1-3-25-14-5-7-15(8-6-14)26-12-19(23)27-11-18(22)21-13-4-9-17(24-2)16(20)10-13/h4-10H,3,11-12H2,1-2H3,(H,21,22). The lowest BCUT2D eigenvalue weighted by atomic mass is 10.3. The predicted octanol–water partition coefficient (Wildman–Crippen LogP) is 3.31. The molecule has 0 aromatic heterocycles. The highest BCUT2D eigenvalue weighted by molar-refractivity contribution is 6.32. The monoisotopic (exact) mass is 393 g/mol. The Bertz CT molecular complexity index is 778. The third-order valence-electron chi connectivity index (χ3n) is 3.29. The summed E-state index contributed by atoms with van der Waals surface area (Å²) in [6, 6.07) is 11.6. The van der Waals surface area contributed by atoms with Crippen molar-refractivity contribution >= 4 is 29.2 Å². The number of amides is 1. The molecule has 8 heteroatoms. The molecule has 2 aromatic rings. The van der Waals surface area contributed by atoms with E-state index in [-0.39, 0.29) is 6.61 Å². The van der Waals surface area contributed by atoms with Crippen molar-refractivity contribution in [3.8, 4) is 17.2 Å². The van der Waals surface area contributed by atoms with Crippen molar-refractivity contribution in [1.29, 1.82) is 0 Å². The van der Waals surface area contributed by atoms with Gasteiger partial charge in [-0.1, -0.05) is 11.6 Å². The van der Waals surface area contributed by atoms with Gasteiger partial charge in [0.05, 0.1) is 18.7 Å². The van der Waals surface area contributed by atoms with Crippen molar-refractivity contribution in [1.82, 2.24) is 0 Å². The number of hydrogen-bond donors (Lipinski definition) is 1. The quantitative estimate of drug-likeness (QED) is 0.658. The van der Waals surface area contributed by atoms with Crippen LogP contribution in [0.15, 0.2) is 42.5 Å². The van der Waals surface area contributed by atoms with Gasteiger partial charge < -0.3 is 24.3 Å². The van der Waals surface area contributed by atoms with Crippen molar-refractivity contribution in [3.05, 3.63) is 47.5 Å². The second-order valence-electron chi connectivity index (χ2n) is 5.25. The fraction of sp³-hybridized carbons (Fsp3) is 0.263. The van der Waals surface area contributed by atoms with E-state index >= 15 is 0 Å². The number of halogens is 1. The zero-order valence-electron chi connectivity index (χ0n) is 15.0. The largest absolute Gasteiger partial charge is 0.495 e. The summed E-state index contributed by atoms with van der Waals surface area (Å²) in [7, 11) is 1.49. The highest BCUT2D eigenvalue weighted by Crippen LogP contribution is 2.27. The number of esters is 1. The summed E-state index contributed by atoms with van der Waals surface area (Å²) < 4.78 is 20.5. The lowest BCUT2D eigenvalue weighted by Gasteiger charge is -2.09. The summed E-state index contributed by atoms with van der Waals surface area (Å²) in [4.78, 5) is 23.5. The highest BCUT2D eigenvalue weighted by Gasteiger charge is 2.10. The number of nitrogens with one attached hydrogen (secondary N) is 1. The first kappa shape index (κ1) is 20.4. The van der Waals surface area contributed by atoms with E-state index in [0.29, 0.717) is 34.6 Å². The normalized spacial score (nSPS) is 10.0. The van der Waals surface area contributed by atoms with Crippen LogP contribution in [0.3, 0.4) is 0 Å². The Hall–Kier alpha value is -2.93. The molecule has 0 aliphatic carbocycles. The van der Waals surface area contributed by atoms with Gasteiger partial charge in [-0.15, -0.1) is 0 Å². The molecule has 2 aromatic carbocycles. The van der Waals surface area contributed by atoms with E-state index in [4.69, 9.17) is 30.5 Å². The number of ether oxygens (including phenoxy) is 4. The average Bonchev–Trinajstić information content (AvgIpc) is 2.66. The van der Waals surface area contributed by atoms with Gasteiger partial charge in [-0.2, -0.15) is 0 Å². The van der Waals surface area contributed by atoms with Crippen molar-refractivity contribution in [2.45, 2.75) is 6.92 Å². The lowest BCUT2D eigenvalue weighted by molar-refractivity contribution is -0.149. The van der Waals surface area contributed by atoms with Crippen LogP contribution < -0.4 is 19.5 Å². The number of carbonyl (C=O) groups is 2. The second kappa shape index (κ2) is 10.3. The van der Waals surface area contributed by atoms with Crippen LogP contribution in [0.1, 0.15) is 6.92 Å². The Kier molecular flexibility index (Phi) is 7.76. The zero-order valence-corrected chi connectivity index (χ0v) is 15.7. The number of anilines is 1. The fourth-order valence-corrected chi connectivity index (χ4v) is 2.33. The summed E-state index contributed by atoms with van der Waals surface area (Å²) in [6.45, 7) is 1.71. The third kappa shape index (κ3) is 6.71. The van der Waals surface area contributed by atoms with Crippen molar-refractivity contribution < 1.29 is 28.5 Å². The Morgan fingerprint density at radius 1 is 1.00 bits per heavy atom. The molecule has 0 spiro atoms. The van der Waals surface area contributed by atoms with Crippen LogP contribution in [-0.2, 0) is 14.3 Å². The molecule has 0 unspecified atom stereocenters. The zero-order chi connectivity index (χ0) is 19.6. The first-order valence-electron chi connectivity index (χ1n) is 8.16. The predicted molar refractivity (Wildman–Crippen MR) is 101 cm³/mol. The van der Waals surface area contributed by atoms with Gasteiger partial charge in [0.2, 0.25) is 0 Å². The molecule has 1 N–H and O–H groups in total.